The van der Waals surface area contributed by atoms with Crippen LogP contribution in [-0.2, 0) is 0 Å². The molecule has 0 bridgehead atoms. The molecule has 2 aromatic rings. The van der Waals surface area contributed by atoms with Crippen LogP contribution in [0.15, 0.2) is 36.7 Å². The maximum absolute atomic E-state index is 5.82. The Labute approximate surface area is 105 Å². The van der Waals surface area contributed by atoms with Gasteiger partial charge in [0.25, 0.3) is 0 Å². The van der Waals surface area contributed by atoms with E-state index in [4.69, 9.17) is 16.3 Å². The molecule has 0 atom stereocenters. The molecule has 88 valence electrons. The van der Waals surface area contributed by atoms with Crippen LogP contribution >= 0.6 is 11.6 Å². The molecular weight excluding hydrogens is 236 g/mol. The lowest BCUT2D eigenvalue weighted by atomic mass is 10.2. The zero-order chi connectivity index (χ0) is 12.1. The van der Waals surface area contributed by atoms with E-state index in [1.54, 1.807) is 12.4 Å². The first-order chi connectivity index (χ1) is 8.29. The van der Waals surface area contributed by atoms with Crippen molar-refractivity contribution in [2.24, 2.45) is 0 Å². The van der Waals surface area contributed by atoms with Crippen molar-refractivity contribution in [1.29, 1.82) is 0 Å². The van der Waals surface area contributed by atoms with Crippen molar-refractivity contribution >= 4 is 11.6 Å². The fraction of sp³-hybridized carbons (Fsp3) is 0.231. The van der Waals surface area contributed by atoms with E-state index in [1.165, 1.54) is 0 Å². The van der Waals surface area contributed by atoms with Crippen LogP contribution < -0.4 is 4.74 Å². The number of aromatic nitrogens is 2. The highest BCUT2D eigenvalue weighted by Gasteiger charge is 2.01. The van der Waals surface area contributed by atoms with Gasteiger partial charge >= 0.3 is 0 Å². The molecule has 0 aliphatic carbocycles. The van der Waals surface area contributed by atoms with Gasteiger partial charge in [-0.25, -0.2) is 9.97 Å². The number of hydrogen-bond donors (Lipinski definition) is 0. The largest absolute Gasteiger partial charge is 0.490 e. The summed E-state index contributed by atoms with van der Waals surface area (Å²) in [5.74, 6) is 1.37. The van der Waals surface area contributed by atoms with E-state index < -0.39 is 0 Å². The number of hydrogen-bond acceptors (Lipinski definition) is 3. The zero-order valence-corrected chi connectivity index (χ0v) is 10.3. The van der Waals surface area contributed by atoms with Gasteiger partial charge in [0, 0.05) is 10.6 Å². The van der Waals surface area contributed by atoms with Crippen LogP contribution in [0.1, 0.15) is 13.3 Å². The van der Waals surface area contributed by atoms with E-state index in [0.717, 1.165) is 12.0 Å². The minimum atomic E-state index is 0.672. The summed E-state index contributed by atoms with van der Waals surface area (Å²) in [6.07, 6.45) is 4.35. The first kappa shape index (κ1) is 11.9. The molecule has 0 unspecified atom stereocenters. The molecular formula is C13H13ClN2O. The molecule has 1 aromatic heterocycles. The van der Waals surface area contributed by atoms with Crippen LogP contribution in [0.4, 0.5) is 0 Å². The normalized spacial score (nSPS) is 10.2. The molecule has 2 rings (SSSR count). The van der Waals surface area contributed by atoms with Crippen molar-refractivity contribution in [1.82, 2.24) is 9.97 Å². The van der Waals surface area contributed by atoms with Gasteiger partial charge in [-0.2, -0.15) is 0 Å². The summed E-state index contributed by atoms with van der Waals surface area (Å²) in [6, 6.07) is 7.43. The first-order valence-corrected chi connectivity index (χ1v) is 5.88. The molecule has 0 N–H and O–H groups in total. The molecule has 1 aromatic carbocycles. The van der Waals surface area contributed by atoms with Crippen LogP contribution in [-0.4, -0.2) is 16.6 Å². The third-order valence-electron chi connectivity index (χ3n) is 2.20. The topological polar surface area (TPSA) is 35.0 Å². The Bertz CT molecular complexity index is 468. The monoisotopic (exact) mass is 248 g/mol. The highest BCUT2D eigenvalue weighted by molar-refractivity contribution is 6.30. The second kappa shape index (κ2) is 5.64. The van der Waals surface area contributed by atoms with E-state index in [9.17, 15) is 0 Å². The average Bonchev–Trinajstić information content (AvgIpc) is 2.38. The van der Waals surface area contributed by atoms with E-state index in [1.807, 2.05) is 24.3 Å². The Morgan fingerprint density at radius 1 is 1.12 bits per heavy atom. The van der Waals surface area contributed by atoms with Gasteiger partial charge in [0.15, 0.2) is 11.6 Å². The summed E-state index contributed by atoms with van der Waals surface area (Å²) in [4.78, 5) is 8.50. The molecule has 1 heterocycles. The van der Waals surface area contributed by atoms with Crippen molar-refractivity contribution in [3.05, 3.63) is 41.7 Å². The number of halogens is 1. The third kappa shape index (κ3) is 3.17. The van der Waals surface area contributed by atoms with Gasteiger partial charge in [-0.05, 0) is 30.7 Å². The minimum Gasteiger partial charge on any atom is -0.490 e. The van der Waals surface area contributed by atoms with Gasteiger partial charge in [-0.1, -0.05) is 18.5 Å². The molecule has 4 heteroatoms. The smallest absolute Gasteiger partial charge is 0.159 e. The Kier molecular flexibility index (Phi) is 3.94. The van der Waals surface area contributed by atoms with Gasteiger partial charge in [-0.15, -0.1) is 0 Å². The van der Waals surface area contributed by atoms with Crippen molar-refractivity contribution < 1.29 is 4.74 Å². The Balaban J connectivity index is 2.14. The third-order valence-corrected chi connectivity index (χ3v) is 2.46. The summed E-state index contributed by atoms with van der Waals surface area (Å²) < 4.78 is 5.42. The Morgan fingerprint density at radius 3 is 2.35 bits per heavy atom. The molecule has 0 fully saturated rings. The predicted octanol–water partition coefficient (Wildman–Crippen LogP) is 3.59. The van der Waals surface area contributed by atoms with E-state index >= 15 is 0 Å². The van der Waals surface area contributed by atoms with Crippen LogP contribution in [0.3, 0.4) is 0 Å². The number of nitrogens with zero attached hydrogens (tertiary/aromatic N) is 2. The maximum atomic E-state index is 5.82. The highest BCUT2D eigenvalue weighted by atomic mass is 35.5. The van der Waals surface area contributed by atoms with Crippen molar-refractivity contribution in [3.8, 4) is 17.1 Å². The van der Waals surface area contributed by atoms with Gasteiger partial charge in [0.05, 0.1) is 19.0 Å². The molecule has 17 heavy (non-hydrogen) atoms. The summed E-state index contributed by atoms with van der Waals surface area (Å²) in [7, 11) is 0. The van der Waals surface area contributed by atoms with Gasteiger partial charge in [0.1, 0.15) is 0 Å². The Morgan fingerprint density at radius 2 is 1.76 bits per heavy atom. The van der Waals surface area contributed by atoms with Crippen LogP contribution in [0.25, 0.3) is 11.4 Å². The highest BCUT2D eigenvalue weighted by Crippen LogP contribution is 2.18. The maximum Gasteiger partial charge on any atom is 0.159 e. The van der Waals surface area contributed by atoms with Crippen molar-refractivity contribution in [3.63, 3.8) is 0 Å². The fourth-order valence-corrected chi connectivity index (χ4v) is 1.48. The minimum absolute atomic E-state index is 0.672. The lowest BCUT2D eigenvalue weighted by molar-refractivity contribution is 0.315. The SMILES string of the molecule is CCCOc1cnc(-c2ccc(Cl)cc2)nc1. The quantitative estimate of drug-likeness (QED) is 0.830. The first-order valence-electron chi connectivity index (χ1n) is 5.50. The van der Waals surface area contributed by atoms with Crippen molar-refractivity contribution in [2.45, 2.75) is 13.3 Å². The van der Waals surface area contributed by atoms with Crippen LogP contribution in [0.2, 0.25) is 5.02 Å². The second-order valence-corrected chi connectivity index (χ2v) is 4.03. The number of ether oxygens (including phenoxy) is 1. The number of benzene rings is 1. The molecule has 0 radical (unpaired) electrons. The fourth-order valence-electron chi connectivity index (χ4n) is 1.36. The second-order valence-electron chi connectivity index (χ2n) is 3.60. The van der Waals surface area contributed by atoms with E-state index in [0.29, 0.717) is 23.2 Å². The number of rotatable bonds is 4. The van der Waals surface area contributed by atoms with E-state index in [2.05, 4.69) is 16.9 Å². The molecule has 0 amide bonds. The molecule has 0 aliphatic rings. The average molecular weight is 249 g/mol. The lowest BCUT2D eigenvalue weighted by Gasteiger charge is -2.04. The van der Waals surface area contributed by atoms with Gasteiger partial charge < -0.3 is 4.74 Å². The molecule has 0 aliphatic heterocycles. The summed E-state index contributed by atoms with van der Waals surface area (Å²) >= 11 is 5.82. The van der Waals surface area contributed by atoms with E-state index in [-0.39, 0.29) is 0 Å². The summed E-state index contributed by atoms with van der Waals surface area (Å²) in [5.41, 5.74) is 0.941. The molecule has 3 nitrogen and oxygen atoms in total. The molecule has 0 spiro atoms. The summed E-state index contributed by atoms with van der Waals surface area (Å²) in [6.45, 7) is 2.74. The van der Waals surface area contributed by atoms with Gasteiger partial charge in [0.2, 0.25) is 0 Å². The molecule has 0 saturated heterocycles. The van der Waals surface area contributed by atoms with Crippen LogP contribution in [0.5, 0.6) is 5.75 Å². The van der Waals surface area contributed by atoms with Gasteiger partial charge in [-0.3, -0.25) is 0 Å². The molecule has 0 saturated carbocycles. The standard InChI is InChI=1S/C13H13ClN2O/c1-2-7-17-12-8-15-13(16-9-12)10-3-5-11(14)6-4-10/h3-6,8-9H,2,7H2,1H3. The van der Waals surface area contributed by atoms with Crippen molar-refractivity contribution in [2.75, 3.05) is 6.61 Å². The zero-order valence-electron chi connectivity index (χ0n) is 9.56. The lowest BCUT2D eigenvalue weighted by Crippen LogP contribution is -1.97. The van der Waals surface area contributed by atoms with Crippen LogP contribution in [0, 0.1) is 0 Å². The summed E-state index contributed by atoms with van der Waals surface area (Å²) in [5, 5.41) is 0.705. The Hall–Kier alpha value is -1.61. The predicted molar refractivity (Wildman–Crippen MR) is 68.3 cm³/mol.